The molecule has 0 aliphatic heterocycles. The van der Waals surface area contributed by atoms with Crippen molar-refractivity contribution in [1.82, 2.24) is 9.97 Å². The Morgan fingerprint density at radius 2 is 2.33 bits per heavy atom. The molecule has 0 radical (unpaired) electrons. The second-order valence-electron chi connectivity index (χ2n) is 1.95. The molecule has 0 atom stereocenters. The van der Waals surface area contributed by atoms with Crippen LogP contribution in [0, 0.1) is 0 Å². The molecule has 1 heterocycles. The van der Waals surface area contributed by atoms with Crippen molar-refractivity contribution in [1.29, 1.82) is 0 Å². The zero-order chi connectivity index (χ0) is 8.97. The summed E-state index contributed by atoms with van der Waals surface area (Å²) in [4.78, 5) is 7.53. The highest BCUT2D eigenvalue weighted by Gasteiger charge is 2.05. The lowest BCUT2D eigenvalue weighted by atomic mass is 10.6. The molecule has 1 rings (SSSR count). The zero-order valence-corrected chi connectivity index (χ0v) is 7.78. The van der Waals surface area contributed by atoms with Crippen molar-refractivity contribution in [2.45, 2.75) is 0 Å². The molecule has 0 bridgehead atoms. The Morgan fingerprint density at radius 1 is 1.58 bits per heavy atom. The fraction of sp³-hybridized carbons (Fsp3) is 0.333. The maximum absolute atomic E-state index is 8.47. The van der Waals surface area contributed by atoms with Crippen molar-refractivity contribution >= 4 is 21.7 Å². The van der Waals surface area contributed by atoms with Crippen molar-refractivity contribution < 1.29 is 9.84 Å². The SMILES string of the molecule is Nc1ncnc(OCCO)c1Br. The zero-order valence-electron chi connectivity index (χ0n) is 6.20. The first-order valence-corrected chi connectivity index (χ1v) is 4.04. The van der Waals surface area contributed by atoms with Gasteiger partial charge in [-0.3, -0.25) is 0 Å². The molecule has 12 heavy (non-hydrogen) atoms. The van der Waals surface area contributed by atoms with E-state index < -0.39 is 0 Å². The molecule has 0 aromatic carbocycles. The van der Waals surface area contributed by atoms with Gasteiger partial charge in [0.05, 0.1) is 6.61 Å². The van der Waals surface area contributed by atoms with Crippen molar-refractivity contribution in [2.24, 2.45) is 0 Å². The number of aliphatic hydroxyl groups excluding tert-OH is 1. The average Bonchev–Trinajstić information content (AvgIpc) is 2.08. The average molecular weight is 234 g/mol. The standard InChI is InChI=1S/C6H8BrN3O2/c7-4-5(8)9-3-10-6(4)12-2-1-11/h3,11H,1-2H2,(H2,8,9,10). The monoisotopic (exact) mass is 233 g/mol. The van der Waals surface area contributed by atoms with Gasteiger partial charge in [-0.05, 0) is 15.9 Å². The highest BCUT2D eigenvalue weighted by atomic mass is 79.9. The Labute approximate surface area is 77.7 Å². The molecule has 66 valence electrons. The minimum atomic E-state index is -0.0592. The second kappa shape index (κ2) is 4.22. The summed E-state index contributed by atoms with van der Waals surface area (Å²) >= 11 is 3.15. The van der Waals surface area contributed by atoms with Crippen molar-refractivity contribution in [3.63, 3.8) is 0 Å². The number of hydrogen-bond donors (Lipinski definition) is 2. The normalized spacial score (nSPS) is 9.83. The van der Waals surface area contributed by atoms with E-state index in [4.69, 9.17) is 15.6 Å². The smallest absolute Gasteiger partial charge is 0.233 e. The molecule has 0 aliphatic rings. The quantitative estimate of drug-likeness (QED) is 0.780. The topological polar surface area (TPSA) is 81.3 Å². The first kappa shape index (κ1) is 9.21. The van der Waals surface area contributed by atoms with Crippen LogP contribution in [0.15, 0.2) is 10.8 Å². The summed E-state index contributed by atoms with van der Waals surface area (Å²) in [6.45, 7) is 0.130. The lowest BCUT2D eigenvalue weighted by Crippen LogP contribution is -2.05. The minimum Gasteiger partial charge on any atom is -0.474 e. The van der Waals surface area contributed by atoms with Crippen LogP contribution in [0.2, 0.25) is 0 Å². The summed E-state index contributed by atoms with van der Waals surface area (Å²) < 4.78 is 5.55. The molecule has 0 saturated heterocycles. The predicted molar refractivity (Wildman–Crippen MR) is 46.7 cm³/mol. The van der Waals surface area contributed by atoms with Gasteiger partial charge in [0.2, 0.25) is 5.88 Å². The second-order valence-corrected chi connectivity index (χ2v) is 2.74. The van der Waals surface area contributed by atoms with Crippen LogP contribution in [0.3, 0.4) is 0 Å². The fourth-order valence-corrected chi connectivity index (χ4v) is 0.929. The van der Waals surface area contributed by atoms with E-state index in [2.05, 4.69) is 25.9 Å². The third kappa shape index (κ3) is 2.05. The van der Waals surface area contributed by atoms with E-state index in [1.165, 1.54) is 6.33 Å². The first-order valence-electron chi connectivity index (χ1n) is 3.25. The molecule has 6 heteroatoms. The van der Waals surface area contributed by atoms with E-state index in [-0.39, 0.29) is 13.2 Å². The van der Waals surface area contributed by atoms with Gasteiger partial charge in [0.1, 0.15) is 23.2 Å². The van der Waals surface area contributed by atoms with Crippen LogP contribution in [0.5, 0.6) is 5.88 Å². The van der Waals surface area contributed by atoms with Gasteiger partial charge in [0.15, 0.2) is 0 Å². The number of halogens is 1. The van der Waals surface area contributed by atoms with Gasteiger partial charge >= 0.3 is 0 Å². The van der Waals surface area contributed by atoms with Gasteiger partial charge in [-0.25, -0.2) is 9.97 Å². The van der Waals surface area contributed by atoms with E-state index in [9.17, 15) is 0 Å². The van der Waals surface area contributed by atoms with E-state index in [1.54, 1.807) is 0 Å². The Morgan fingerprint density at radius 3 is 3.00 bits per heavy atom. The van der Waals surface area contributed by atoms with Crippen LogP contribution in [0.1, 0.15) is 0 Å². The molecule has 0 spiro atoms. The van der Waals surface area contributed by atoms with E-state index in [0.29, 0.717) is 16.2 Å². The number of aromatic nitrogens is 2. The van der Waals surface area contributed by atoms with Crippen molar-refractivity contribution in [2.75, 3.05) is 18.9 Å². The Bertz CT molecular complexity index is 269. The summed E-state index contributed by atoms with van der Waals surface area (Å²) in [7, 11) is 0. The van der Waals surface area contributed by atoms with Gasteiger partial charge in [-0.2, -0.15) is 0 Å². The minimum absolute atomic E-state index is 0.0592. The highest BCUT2D eigenvalue weighted by Crippen LogP contribution is 2.25. The number of nitrogens with two attached hydrogens (primary N) is 1. The van der Waals surface area contributed by atoms with Gasteiger partial charge in [-0.1, -0.05) is 0 Å². The van der Waals surface area contributed by atoms with Crippen LogP contribution < -0.4 is 10.5 Å². The van der Waals surface area contributed by atoms with Crippen LogP contribution in [0.25, 0.3) is 0 Å². The molecular weight excluding hydrogens is 226 g/mol. The molecule has 0 aliphatic carbocycles. The Hall–Kier alpha value is -0.880. The molecule has 1 aromatic heterocycles. The van der Waals surface area contributed by atoms with Crippen LogP contribution in [-0.2, 0) is 0 Å². The van der Waals surface area contributed by atoms with Crippen molar-refractivity contribution in [3.8, 4) is 5.88 Å². The first-order chi connectivity index (χ1) is 5.75. The maximum atomic E-state index is 8.47. The highest BCUT2D eigenvalue weighted by molar-refractivity contribution is 9.10. The molecule has 0 fully saturated rings. The number of rotatable bonds is 3. The third-order valence-corrected chi connectivity index (χ3v) is 1.86. The number of anilines is 1. The molecule has 1 aromatic rings. The molecule has 5 nitrogen and oxygen atoms in total. The summed E-state index contributed by atoms with van der Waals surface area (Å²) in [5, 5.41) is 8.47. The van der Waals surface area contributed by atoms with E-state index in [0.717, 1.165) is 0 Å². The van der Waals surface area contributed by atoms with Gasteiger partial charge < -0.3 is 15.6 Å². The molecule has 0 amide bonds. The lowest BCUT2D eigenvalue weighted by molar-refractivity contribution is 0.196. The number of ether oxygens (including phenoxy) is 1. The molecule has 0 saturated carbocycles. The summed E-state index contributed by atoms with van der Waals surface area (Å²) in [6.07, 6.45) is 1.30. The summed E-state index contributed by atoms with van der Waals surface area (Å²) in [5.41, 5.74) is 5.45. The molecule has 3 N–H and O–H groups in total. The van der Waals surface area contributed by atoms with Gasteiger partial charge in [0, 0.05) is 0 Å². The maximum Gasteiger partial charge on any atom is 0.233 e. The van der Waals surface area contributed by atoms with Crippen LogP contribution in [-0.4, -0.2) is 28.3 Å². The third-order valence-electron chi connectivity index (χ3n) is 1.11. The Balaban J connectivity index is 2.78. The van der Waals surface area contributed by atoms with Crippen LogP contribution in [0.4, 0.5) is 5.82 Å². The van der Waals surface area contributed by atoms with Gasteiger partial charge in [-0.15, -0.1) is 0 Å². The number of nitrogen functional groups attached to an aromatic ring is 1. The summed E-state index contributed by atoms with van der Waals surface area (Å²) in [5.74, 6) is 0.662. The molecular formula is C6H8BrN3O2. The fourth-order valence-electron chi connectivity index (χ4n) is 0.609. The Kier molecular flexibility index (Phi) is 3.24. The number of nitrogens with zero attached hydrogens (tertiary/aromatic N) is 2. The van der Waals surface area contributed by atoms with Gasteiger partial charge in [0.25, 0.3) is 0 Å². The lowest BCUT2D eigenvalue weighted by Gasteiger charge is -2.05. The van der Waals surface area contributed by atoms with E-state index in [1.807, 2.05) is 0 Å². The number of hydrogen-bond acceptors (Lipinski definition) is 5. The molecule has 0 unspecified atom stereocenters. The largest absolute Gasteiger partial charge is 0.474 e. The van der Waals surface area contributed by atoms with Crippen molar-refractivity contribution in [3.05, 3.63) is 10.8 Å². The van der Waals surface area contributed by atoms with Crippen LogP contribution >= 0.6 is 15.9 Å². The summed E-state index contributed by atoms with van der Waals surface area (Å²) in [6, 6.07) is 0. The number of aliphatic hydroxyl groups is 1. The van der Waals surface area contributed by atoms with E-state index >= 15 is 0 Å². The predicted octanol–water partition coefficient (Wildman–Crippen LogP) is 0.192.